The van der Waals surface area contributed by atoms with E-state index in [1.807, 2.05) is 47.0 Å². The fourth-order valence-electron chi connectivity index (χ4n) is 4.41. The molecule has 3 heterocycles. The molecule has 1 aliphatic rings. The van der Waals surface area contributed by atoms with Gasteiger partial charge in [0.15, 0.2) is 5.65 Å². The van der Waals surface area contributed by atoms with E-state index in [9.17, 15) is 4.79 Å². The molecule has 7 heteroatoms. The minimum absolute atomic E-state index is 0.0260. The van der Waals surface area contributed by atoms with Crippen LogP contribution in [0.2, 0.25) is 0 Å². The summed E-state index contributed by atoms with van der Waals surface area (Å²) in [6, 6.07) is 14.2. The molecule has 5 rings (SSSR count). The summed E-state index contributed by atoms with van der Waals surface area (Å²) in [4.78, 5) is 23.1. The van der Waals surface area contributed by atoms with Crippen molar-refractivity contribution in [2.24, 2.45) is 5.73 Å². The van der Waals surface area contributed by atoms with E-state index in [-0.39, 0.29) is 17.8 Å². The second-order valence-corrected chi connectivity index (χ2v) is 8.52. The van der Waals surface area contributed by atoms with Crippen LogP contribution in [0, 0.1) is 0 Å². The van der Waals surface area contributed by atoms with Crippen molar-refractivity contribution in [3.63, 3.8) is 0 Å². The van der Waals surface area contributed by atoms with Gasteiger partial charge in [0, 0.05) is 23.7 Å². The molecule has 0 bridgehead atoms. The van der Waals surface area contributed by atoms with Crippen molar-refractivity contribution in [3.8, 4) is 0 Å². The minimum atomic E-state index is -0.0260. The van der Waals surface area contributed by atoms with Crippen molar-refractivity contribution in [1.29, 1.82) is 0 Å². The molecule has 0 spiro atoms. The van der Waals surface area contributed by atoms with Gasteiger partial charge in [-0.05, 0) is 59.3 Å². The summed E-state index contributed by atoms with van der Waals surface area (Å²) in [5, 5.41) is 0.915. The molecule has 3 aromatic heterocycles. The highest BCUT2D eigenvalue weighted by molar-refractivity contribution is 9.10. The molecule has 0 radical (unpaired) electrons. The molecule has 0 atom stereocenters. The summed E-state index contributed by atoms with van der Waals surface area (Å²) in [5.41, 5.74) is 9.47. The van der Waals surface area contributed by atoms with Crippen LogP contribution in [0.4, 0.5) is 0 Å². The fourth-order valence-corrected chi connectivity index (χ4v) is 4.89. The molecule has 2 N–H and O–H groups in total. The third kappa shape index (κ3) is 3.18. The first kappa shape index (κ1) is 18.5. The highest BCUT2D eigenvalue weighted by atomic mass is 79.9. The summed E-state index contributed by atoms with van der Waals surface area (Å²) in [6.07, 6.45) is 5.43. The summed E-state index contributed by atoms with van der Waals surface area (Å²) in [5.74, 6) is 0. The molecule has 0 aliphatic heterocycles. The maximum Gasteiger partial charge on any atom is 0.330 e. The average molecular weight is 452 g/mol. The molecule has 29 heavy (non-hydrogen) atoms. The van der Waals surface area contributed by atoms with E-state index in [1.165, 1.54) is 0 Å². The number of pyridine rings is 2. The Morgan fingerprint density at radius 2 is 1.83 bits per heavy atom. The van der Waals surface area contributed by atoms with Crippen LogP contribution in [0.1, 0.15) is 37.3 Å². The number of hydrogen-bond acceptors (Lipinski definition) is 4. The van der Waals surface area contributed by atoms with Gasteiger partial charge in [-0.3, -0.25) is 14.1 Å². The molecule has 6 nitrogen and oxygen atoms in total. The van der Waals surface area contributed by atoms with E-state index >= 15 is 0 Å². The zero-order valence-corrected chi connectivity index (χ0v) is 17.5. The standard InChI is InChI=1S/C22H22BrN5O/c23-20-17-7-4-12-25-18(17)19-21(26-20)27(13-14-5-2-1-3-6-14)22(29)28(19)16-10-8-15(24)9-11-16/h1-7,12,15-16H,8-11,13,24H2. The third-order valence-electron chi connectivity index (χ3n) is 5.89. The van der Waals surface area contributed by atoms with Crippen LogP contribution in [0.3, 0.4) is 0 Å². The number of nitrogens with zero attached hydrogens (tertiary/aromatic N) is 4. The number of hydrogen-bond donors (Lipinski definition) is 1. The van der Waals surface area contributed by atoms with Crippen LogP contribution < -0.4 is 11.4 Å². The average Bonchev–Trinajstić information content (AvgIpc) is 3.01. The predicted octanol–water partition coefficient (Wildman–Crippen LogP) is 4.00. The van der Waals surface area contributed by atoms with E-state index in [0.717, 1.165) is 47.7 Å². The van der Waals surface area contributed by atoms with Gasteiger partial charge in [-0.1, -0.05) is 30.3 Å². The Bertz CT molecular complexity index is 1240. The molecule has 0 amide bonds. The molecular weight excluding hydrogens is 430 g/mol. The molecule has 1 saturated carbocycles. The Kier molecular flexibility index (Phi) is 4.72. The van der Waals surface area contributed by atoms with Crippen molar-refractivity contribution in [2.45, 2.75) is 44.3 Å². The Morgan fingerprint density at radius 3 is 2.59 bits per heavy atom. The fraction of sp³-hybridized carbons (Fsp3) is 0.318. The van der Waals surface area contributed by atoms with Gasteiger partial charge in [0.05, 0.1) is 6.54 Å². The van der Waals surface area contributed by atoms with Gasteiger partial charge < -0.3 is 5.73 Å². The van der Waals surface area contributed by atoms with E-state index in [2.05, 4.69) is 20.9 Å². The monoisotopic (exact) mass is 451 g/mol. The van der Waals surface area contributed by atoms with E-state index < -0.39 is 0 Å². The lowest BCUT2D eigenvalue weighted by Crippen LogP contribution is -2.33. The van der Waals surface area contributed by atoms with E-state index in [0.29, 0.717) is 16.8 Å². The largest absolute Gasteiger partial charge is 0.330 e. The smallest absolute Gasteiger partial charge is 0.328 e. The van der Waals surface area contributed by atoms with Crippen molar-refractivity contribution in [1.82, 2.24) is 19.1 Å². The molecule has 1 aromatic carbocycles. The van der Waals surface area contributed by atoms with Gasteiger partial charge in [-0.25, -0.2) is 9.78 Å². The Morgan fingerprint density at radius 1 is 1.07 bits per heavy atom. The van der Waals surface area contributed by atoms with Crippen molar-refractivity contribution < 1.29 is 0 Å². The number of benzene rings is 1. The summed E-state index contributed by atoms with van der Waals surface area (Å²) >= 11 is 3.58. The molecule has 1 fully saturated rings. The summed E-state index contributed by atoms with van der Waals surface area (Å²) < 4.78 is 4.41. The minimum Gasteiger partial charge on any atom is -0.328 e. The molecule has 0 saturated heterocycles. The molecule has 148 valence electrons. The highest BCUT2D eigenvalue weighted by Crippen LogP contribution is 2.33. The van der Waals surface area contributed by atoms with Crippen molar-refractivity contribution in [3.05, 3.63) is 69.3 Å². The number of aromatic nitrogens is 4. The first-order chi connectivity index (χ1) is 14.1. The van der Waals surface area contributed by atoms with Gasteiger partial charge in [-0.15, -0.1) is 0 Å². The number of rotatable bonds is 3. The topological polar surface area (TPSA) is 78.7 Å². The van der Waals surface area contributed by atoms with Gasteiger partial charge >= 0.3 is 5.69 Å². The van der Waals surface area contributed by atoms with Gasteiger partial charge in [-0.2, -0.15) is 0 Å². The number of halogens is 1. The molecule has 0 unspecified atom stereocenters. The van der Waals surface area contributed by atoms with Gasteiger partial charge in [0.25, 0.3) is 0 Å². The van der Waals surface area contributed by atoms with Crippen LogP contribution >= 0.6 is 15.9 Å². The highest BCUT2D eigenvalue weighted by Gasteiger charge is 2.27. The number of fused-ring (bicyclic) bond motifs is 3. The zero-order valence-electron chi connectivity index (χ0n) is 16.0. The van der Waals surface area contributed by atoms with Gasteiger partial charge in [0.2, 0.25) is 0 Å². The van der Waals surface area contributed by atoms with Crippen LogP contribution in [0.25, 0.3) is 22.1 Å². The summed E-state index contributed by atoms with van der Waals surface area (Å²) in [6.45, 7) is 0.479. The Labute approximate surface area is 176 Å². The first-order valence-electron chi connectivity index (χ1n) is 9.98. The Balaban J connectivity index is 1.79. The van der Waals surface area contributed by atoms with Crippen LogP contribution in [-0.2, 0) is 6.54 Å². The molecule has 4 aromatic rings. The van der Waals surface area contributed by atoms with Crippen molar-refractivity contribution in [2.75, 3.05) is 0 Å². The summed E-state index contributed by atoms with van der Waals surface area (Å²) in [7, 11) is 0. The normalized spacial score (nSPS) is 19.8. The van der Waals surface area contributed by atoms with E-state index in [1.54, 1.807) is 10.8 Å². The second kappa shape index (κ2) is 7.39. The number of imidazole rings is 1. The van der Waals surface area contributed by atoms with E-state index in [4.69, 9.17) is 10.7 Å². The molecular formula is C22H22BrN5O. The second-order valence-electron chi connectivity index (χ2n) is 7.77. The molecule has 1 aliphatic carbocycles. The maximum atomic E-state index is 13.6. The SMILES string of the molecule is NC1CCC(n2c(=O)n(Cc3ccccc3)c3nc(Br)c4cccnc4c32)CC1. The maximum absolute atomic E-state index is 13.6. The predicted molar refractivity (Wildman–Crippen MR) is 118 cm³/mol. The number of nitrogens with two attached hydrogens (primary N) is 1. The first-order valence-corrected chi connectivity index (χ1v) is 10.8. The zero-order chi connectivity index (χ0) is 20.0. The lowest BCUT2D eigenvalue weighted by atomic mass is 9.91. The Hall–Kier alpha value is -2.51. The lowest BCUT2D eigenvalue weighted by molar-refractivity contribution is 0.322. The van der Waals surface area contributed by atoms with Crippen LogP contribution in [0.15, 0.2) is 58.1 Å². The lowest BCUT2D eigenvalue weighted by Gasteiger charge is -2.27. The van der Waals surface area contributed by atoms with Crippen LogP contribution in [-0.4, -0.2) is 25.1 Å². The quantitative estimate of drug-likeness (QED) is 0.477. The van der Waals surface area contributed by atoms with Crippen LogP contribution in [0.5, 0.6) is 0 Å². The van der Waals surface area contributed by atoms with Crippen molar-refractivity contribution >= 4 is 38.0 Å². The third-order valence-corrected chi connectivity index (χ3v) is 6.50. The van der Waals surface area contributed by atoms with Gasteiger partial charge in [0.1, 0.15) is 15.6 Å².